The molecule has 5 heteroatoms. The van der Waals surface area contributed by atoms with E-state index >= 15 is 0 Å². The number of likely N-dealkylation sites (tertiary alicyclic amines) is 1. The topological polar surface area (TPSA) is 60.9 Å². The Morgan fingerprint density at radius 2 is 1.94 bits per heavy atom. The number of likely N-dealkylation sites (N-methyl/N-ethyl adjacent to an activating group) is 1. The molecule has 2 fully saturated rings. The fourth-order valence-corrected chi connectivity index (χ4v) is 2.86. The number of hydrogen-bond acceptors (Lipinski definition) is 4. The summed E-state index contributed by atoms with van der Waals surface area (Å²) >= 11 is 0. The zero-order valence-corrected chi connectivity index (χ0v) is 11.0. The van der Waals surface area contributed by atoms with Crippen LogP contribution in [0.3, 0.4) is 0 Å². The summed E-state index contributed by atoms with van der Waals surface area (Å²) in [7, 11) is 1.98. The van der Waals surface area contributed by atoms with E-state index < -0.39 is 0 Å². The van der Waals surface area contributed by atoms with E-state index in [1.54, 1.807) is 0 Å². The van der Waals surface area contributed by atoms with Gasteiger partial charge in [0.1, 0.15) is 0 Å². The third kappa shape index (κ3) is 3.09. The maximum Gasteiger partial charge on any atom is 0.229 e. The first kappa shape index (κ1) is 13.5. The molecule has 18 heavy (non-hydrogen) atoms. The van der Waals surface area contributed by atoms with Gasteiger partial charge in [-0.25, -0.2) is 0 Å². The summed E-state index contributed by atoms with van der Waals surface area (Å²) in [6.07, 6.45) is 3.63. The average molecular weight is 254 g/mol. The van der Waals surface area contributed by atoms with Crippen LogP contribution in [-0.4, -0.2) is 59.5 Å². The highest BCUT2D eigenvalue weighted by Gasteiger charge is 2.29. The highest BCUT2D eigenvalue weighted by atomic mass is 16.3. The Labute approximate surface area is 108 Å². The minimum Gasteiger partial charge on any atom is -0.393 e. The van der Waals surface area contributed by atoms with Crippen LogP contribution >= 0.6 is 0 Å². The summed E-state index contributed by atoms with van der Waals surface area (Å²) in [5, 5.41) is 9.76. The van der Waals surface area contributed by atoms with Crippen LogP contribution in [0, 0.1) is 5.92 Å². The second-order valence-electron chi connectivity index (χ2n) is 5.46. The lowest BCUT2D eigenvalue weighted by Gasteiger charge is -2.24. The van der Waals surface area contributed by atoms with Crippen molar-refractivity contribution >= 4 is 11.8 Å². The molecule has 0 spiro atoms. The van der Waals surface area contributed by atoms with Crippen molar-refractivity contribution < 1.29 is 14.7 Å². The van der Waals surface area contributed by atoms with E-state index in [1.165, 1.54) is 4.90 Å². The molecule has 0 aromatic carbocycles. The standard InChI is InChI=1S/C13H22N2O3/c1-14(9-10-3-2-4-11(10)16)7-8-15-12(17)5-6-13(15)18/h10-11,16H,2-9H2,1H3. The second-order valence-corrected chi connectivity index (χ2v) is 5.46. The number of hydrogen-bond donors (Lipinski definition) is 1. The number of carbonyl (C=O) groups excluding carboxylic acids is 2. The van der Waals surface area contributed by atoms with E-state index in [9.17, 15) is 14.7 Å². The Morgan fingerprint density at radius 1 is 1.28 bits per heavy atom. The van der Waals surface area contributed by atoms with Gasteiger partial charge in [0, 0.05) is 32.5 Å². The van der Waals surface area contributed by atoms with Gasteiger partial charge < -0.3 is 10.0 Å². The van der Waals surface area contributed by atoms with Crippen LogP contribution in [0.2, 0.25) is 0 Å². The van der Waals surface area contributed by atoms with Crippen LogP contribution in [0.25, 0.3) is 0 Å². The summed E-state index contributed by atoms with van der Waals surface area (Å²) in [6, 6.07) is 0. The lowest BCUT2D eigenvalue weighted by atomic mass is 10.1. The molecule has 0 radical (unpaired) electrons. The molecule has 1 heterocycles. The number of nitrogens with zero attached hydrogens (tertiary/aromatic N) is 2. The summed E-state index contributed by atoms with van der Waals surface area (Å²) in [6.45, 7) is 2.02. The SMILES string of the molecule is CN(CCN1C(=O)CCC1=O)CC1CCCC1O. The third-order valence-electron chi connectivity index (χ3n) is 4.03. The number of rotatable bonds is 5. The first-order valence-corrected chi connectivity index (χ1v) is 6.77. The van der Waals surface area contributed by atoms with E-state index in [1.807, 2.05) is 7.05 Å². The van der Waals surface area contributed by atoms with Gasteiger partial charge in [0.05, 0.1) is 6.10 Å². The summed E-state index contributed by atoms with van der Waals surface area (Å²) in [5.74, 6) is 0.253. The van der Waals surface area contributed by atoms with Crippen molar-refractivity contribution in [2.24, 2.45) is 5.92 Å². The number of carbonyl (C=O) groups is 2. The fourth-order valence-electron chi connectivity index (χ4n) is 2.86. The molecule has 2 unspecified atom stereocenters. The summed E-state index contributed by atoms with van der Waals surface area (Å²) in [4.78, 5) is 26.4. The molecule has 2 rings (SSSR count). The maximum atomic E-state index is 11.4. The van der Waals surface area contributed by atoms with Gasteiger partial charge in [0.15, 0.2) is 0 Å². The zero-order chi connectivity index (χ0) is 13.1. The van der Waals surface area contributed by atoms with Gasteiger partial charge in [-0.15, -0.1) is 0 Å². The van der Waals surface area contributed by atoms with Gasteiger partial charge in [0.2, 0.25) is 11.8 Å². The normalized spacial score (nSPS) is 28.7. The highest BCUT2D eigenvalue weighted by Crippen LogP contribution is 2.25. The maximum absolute atomic E-state index is 11.4. The lowest BCUT2D eigenvalue weighted by molar-refractivity contribution is -0.138. The summed E-state index contributed by atoms with van der Waals surface area (Å²) in [5.41, 5.74) is 0. The molecule has 2 atom stereocenters. The number of aliphatic hydroxyl groups excluding tert-OH is 1. The van der Waals surface area contributed by atoms with Gasteiger partial charge in [0.25, 0.3) is 0 Å². The van der Waals surface area contributed by atoms with Crippen molar-refractivity contribution in [3.8, 4) is 0 Å². The predicted octanol–water partition coefficient (Wildman–Crippen LogP) is 0.228. The quantitative estimate of drug-likeness (QED) is 0.713. The Morgan fingerprint density at radius 3 is 2.50 bits per heavy atom. The van der Waals surface area contributed by atoms with Crippen molar-refractivity contribution in [3.63, 3.8) is 0 Å². The second kappa shape index (κ2) is 5.80. The fraction of sp³-hybridized carbons (Fsp3) is 0.846. The van der Waals surface area contributed by atoms with Crippen LogP contribution in [0.5, 0.6) is 0 Å². The Hall–Kier alpha value is -0.940. The van der Waals surface area contributed by atoms with Crippen molar-refractivity contribution in [3.05, 3.63) is 0 Å². The highest BCUT2D eigenvalue weighted by molar-refractivity contribution is 6.01. The molecule has 0 aromatic rings. The van der Waals surface area contributed by atoms with Gasteiger partial charge in [-0.1, -0.05) is 6.42 Å². The van der Waals surface area contributed by atoms with Crippen LogP contribution in [0.4, 0.5) is 0 Å². The molecular weight excluding hydrogens is 232 g/mol. The van der Waals surface area contributed by atoms with Crippen molar-refractivity contribution in [1.82, 2.24) is 9.80 Å². The Bertz CT molecular complexity index is 316. The summed E-state index contributed by atoms with van der Waals surface area (Å²) < 4.78 is 0. The molecule has 1 aliphatic heterocycles. The van der Waals surface area contributed by atoms with Gasteiger partial charge in [-0.05, 0) is 25.8 Å². The van der Waals surface area contributed by atoms with Gasteiger partial charge in [-0.2, -0.15) is 0 Å². The van der Waals surface area contributed by atoms with Crippen molar-refractivity contribution in [2.45, 2.75) is 38.2 Å². The number of amides is 2. The van der Waals surface area contributed by atoms with Crippen LogP contribution < -0.4 is 0 Å². The van der Waals surface area contributed by atoms with Gasteiger partial charge >= 0.3 is 0 Å². The van der Waals surface area contributed by atoms with E-state index in [4.69, 9.17) is 0 Å². The molecule has 0 bridgehead atoms. The zero-order valence-electron chi connectivity index (χ0n) is 11.0. The van der Waals surface area contributed by atoms with Crippen LogP contribution in [0.15, 0.2) is 0 Å². The van der Waals surface area contributed by atoms with E-state index in [0.717, 1.165) is 25.8 Å². The van der Waals surface area contributed by atoms with Crippen molar-refractivity contribution in [2.75, 3.05) is 26.7 Å². The van der Waals surface area contributed by atoms with E-state index in [2.05, 4.69) is 4.90 Å². The number of imide groups is 1. The molecule has 2 amide bonds. The largest absolute Gasteiger partial charge is 0.393 e. The Balaban J connectivity index is 1.72. The molecule has 0 aromatic heterocycles. The van der Waals surface area contributed by atoms with E-state index in [0.29, 0.717) is 31.8 Å². The molecule has 1 saturated carbocycles. The van der Waals surface area contributed by atoms with Crippen molar-refractivity contribution in [1.29, 1.82) is 0 Å². The monoisotopic (exact) mass is 254 g/mol. The smallest absolute Gasteiger partial charge is 0.229 e. The molecule has 2 aliphatic rings. The molecule has 1 aliphatic carbocycles. The Kier molecular flexibility index (Phi) is 4.35. The first-order valence-electron chi connectivity index (χ1n) is 6.77. The third-order valence-corrected chi connectivity index (χ3v) is 4.03. The van der Waals surface area contributed by atoms with Crippen LogP contribution in [-0.2, 0) is 9.59 Å². The molecule has 1 N–H and O–H groups in total. The molecular formula is C13H22N2O3. The minimum atomic E-state index is -0.178. The average Bonchev–Trinajstić information content (AvgIpc) is 2.85. The van der Waals surface area contributed by atoms with Crippen LogP contribution in [0.1, 0.15) is 32.1 Å². The minimum absolute atomic E-state index is 0.0469. The number of aliphatic hydroxyl groups is 1. The predicted molar refractivity (Wildman–Crippen MR) is 66.8 cm³/mol. The first-order chi connectivity index (χ1) is 8.58. The van der Waals surface area contributed by atoms with E-state index in [-0.39, 0.29) is 17.9 Å². The molecule has 1 saturated heterocycles. The molecule has 102 valence electrons. The molecule has 5 nitrogen and oxygen atoms in total. The lowest BCUT2D eigenvalue weighted by Crippen LogP contribution is -2.38. The van der Waals surface area contributed by atoms with Gasteiger partial charge in [-0.3, -0.25) is 14.5 Å².